The zero-order valence-electron chi connectivity index (χ0n) is 14.4. The van der Waals surface area contributed by atoms with Crippen molar-refractivity contribution in [1.82, 2.24) is 9.97 Å². The van der Waals surface area contributed by atoms with Crippen LogP contribution >= 0.6 is 0 Å². The van der Waals surface area contributed by atoms with Crippen molar-refractivity contribution in [3.63, 3.8) is 0 Å². The van der Waals surface area contributed by atoms with Gasteiger partial charge < -0.3 is 16.8 Å². The van der Waals surface area contributed by atoms with Crippen LogP contribution in [0.3, 0.4) is 0 Å². The molecule has 136 valence electrons. The minimum Gasteiger partial charge on any atom is -0.382 e. The van der Waals surface area contributed by atoms with Crippen molar-refractivity contribution in [1.29, 1.82) is 0 Å². The number of non-ortho nitro benzene ring substituents is 1. The Morgan fingerprint density at radius 3 is 2.41 bits per heavy atom. The minimum atomic E-state index is -0.427. The molecule has 8 heteroatoms. The zero-order valence-corrected chi connectivity index (χ0v) is 14.4. The molecule has 0 radical (unpaired) electrons. The summed E-state index contributed by atoms with van der Waals surface area (Å²) in [7, 11) is 0. The molecule has 27 heavy (non-hydrogen) atoms. The summed E-state index contributed by atoms with van der Waals surface area (Å²) < 4.78 is 0. The molecule has 0 aliphatic heterocycles. The summed E-state index contributed by atoms with van der Waals surface area (Å²) in [5.41, 5.74) is 14.8. The number of anilines is 3. The molecule has 0 unspecified atom stereocenters. The van der Waals surface area contributed by atoms with E-state index < -0.39 is 4.92 Å². The summed E-state index contributed by atoms with van der Waals surface area (Å²) >= 11 is 0. The predicted octanol–water partition coefficient (Wildman–Crippen LogP) is 3.34. The summed E-state index contributed by atoms with van der Waals surface area (Å²) in [5.74, 6) is 0.378. The lowest BCUT2D eigenvalue weighted by Crippen LogP contribution is -2.09. The Balaban J connectivity index is 1.75. The van der Waals surface area contributed by atoms with Gasteiger partial charge in [0.05, 0.1) is 4.92 Å². The molecule has 2 aromatic carbocycles. The molecule has 5 N–H and O–H groups in total. The van der Waals surface area contributed by atoms with Gasteiger partial charge in [-0.1, -0.05) is 42.5 Å². The van der Waals surface area contributed by atoms with E-state index in [4.69, 9.17) is 11.5 Å². The predicted molar refractivity (Wildman–Crippen MR) is 107 cm³/mol. The molecule has 0 amide bonds. The molecule has 1 aromatic heterocycles. The number of nitrogens with one attached hydrogen (secondary N) is 1. The quantitative estimate of drug-likeness (QED) is 0.452. The fourth-order valence-electron chi connectivity index (χ4n) is 2.54. The molecule has 1 heterocycles. The number of nitro benzene ring substituents is 1. The number of hydrogen-bond acceptors (Lipinski definition) is 7. The van der Waals surface area contributed by atoms with Crippen LogP contribution in [0.5, 0.6) is 0 Å². The van der Waals surface area contributed by atoms with Crippen molar-refractivity contribution in [2.75, 3.05) is 23.3 Å². The largest absolute Gasteiger partial charge is 0.382 e. The number of hydrogen-bond donors (Lipinski definition) is 3. The summed E-state index contributed by atoms with van der Waals surface area (Å²) in [6.07, 6.45) is 3.74. The van der Waals surface area contributed by atoms with Gasteiger partial charge in [0.2, 0.25) is 5.95 Å². The fraction of sp³-hybridized carbons (Fsp3) is 0.0526. The Bertz CT molecular complexity index is 971. The average molecular weight is 362 g/mol. The Labute approximate surface area is 155 Å². The van der Waals surface area contributed by atoms with Gasteiger partial charge >= 0.3 is 0 Å². The zero-order chi connectivity index (χ0) is 19.2. The van der Waals surface area contributed by atoms with E-state index in [0.29, 0.717) is 17.9 Å². The normalized spacial score (nSPS) is 10.8. The number of benzene rings is 2. The smallest absolute Gasteiger partial charge is 0.269 e. The van der Waals surface area contributed by atoms with Gasteiger partial charge in [0.1, 0.15) is 11.4 Å². The van der Waals surface area contributed by atoms with Crippen LogP contribution in [0.25, 0.3) is 17.3 Å². The number of nitro groups is 1. The number of nitrogen functional groups attached to an aromatic ring is 2. The molecule has 3 aromatic rings. The van der Waals surface area contributed by atoms with Gasteiger partial charge in [-0.15, -0.1) is 0 Å². The number of rotatable bonds is 6. The Hall–Kier alpha value is -3.94. The molecule has 0 saturated carbocycles. The Morgan fingerprint density at radius 1 is 1.04 bits per heavy atom. The van der Waals surface area contributed by atoms with Crippen molar-refractivity contribution in [2.45, 2.75) is 0 Å². The lowest BCUT2D eigenvalue weighted by molar-refractivity contribution is -0.384. The van der Waals surface area contributed by atoms with Crippen LogP contribution < -0.4 is 16.8 Å². The third-order valence-electron chi connectivity index (χ3n) is 3.81. The molecule has 0 saturated heterocycles. The molecule has 0 aliphatic rings. The first-order valence-corrected chi connectivity index (χ1v) is 8.18. The highest BCUT2D eigenvalue weighted by molar-refractivity contribution is 5.82. The fourth-order valence-corrected chi connectivity index (χ4v) is 2.54. The summed E-state index contributed by atoms with van der Waals surface area (Å²) in [6.45, 7) is 0.467. The van der Waals surface area contributed by atoms with Gasteiger partial charge in [-0.3, -0.25) is 10.1 Å². The van der Waals surface area contributed by atoms with Crippen molar-refractivity contribution in [2.24, 2.45) is 0 Å². The van der Waals surface area contributed by atoms with Crippen LogP contribution in [-0.4, -0.2) is 21.4 Å². The van der Waals surface area contributed by atoms with Gasteiger partial charge in [-0.05, 0) is 17.7 Å². The average Bonchev–Trinajstić information content (AvgIpc) is 2.67. The van der Waals surface area contributed by atoms with Crippen LogP contribution in [0, 0.1) is 10.1 Å². The highest BCUT2D eigenvalue weighted by atomic mass is 16.6. The van der Waals surface area contributed by atoms with Crippen molar-refractivity contribution in [3.05, 3.63) is 76.4 Å². The SMILES string of the molecule is Nc1nc(N)c(NC/C=C/c2ccc([N+](=O)[O-])cc2)c(-c2ccccc2)n1. The maximum Gasteiger partial charge on any atom is 0.269 e. The first-order chi connectivity index (χ1) is 13.0. The maximum absolute atomic E-state index is 10.7. The molecule has 0 atom stereocenters. The number of nitrogens with two attached hydrogens (primary N) is 2. The van der Waals surface area contributed by atoms with E-state index in [-0.39, 0.29) is 17.5 Å². The third kappa shape index (κ3) is 4.37. The molecular weight excluding hydrogens is 344 g/mol. The monoisotopic (exact) mass is 362 g/mol. The third-order valence-corrected chi connectivity index (χ3v) is 3.81. The molecule has 0 fully saturated rings. The van der Waals surface area contributed by atoms with E-state index >= 15 is 0 Å². The highest BCUT2D eigenvalue weighted by Gasteiger charge is 2.12. The van der Waals surface area contributed by atoms with E-state index in [1.165, 1.54) is 12.1 Å². The topological polar surface area (TPSA) is 133 Å². The summed E-state index contributed by atoms with van der Waals surface area (Å²) in [5, 5.41) is 13.9. The number of nitrogens with zero attached hydrogens (tertiary/aromatic N) is 3. The van der Waals surface area contributed by atoms with E-state index in [2.05, 4.69) is 15.3 Å². The van der Waals surface area contributed by atoms with Crippen molar-refractivity contribution >= 4 is 29.2 Å². The van der Waals surface area contributed by atoms with E-state index in [0.717, 1.165) is 11.1 Å². The molecule has 0 bridgehead atoms. The van der Waals surface area contributed by atoms with Crippen LogP contribution in [-0.2, 0) is 0 Å². The summed E-state index contributed by atoms with van der Waals surface area (Å²) in [6, 6.07) is 15.9. The lowest BCUT2D eigenvalue weighted by Gasteiger charge is -2.13. The molecule has 0 spiro atoms. The minimum absolute atomic E-state index is 0.0598. The second kappa shape index (κ2) is 7.96. The van der Waals surface area contributed by atoms with Gasteiger partial charge in [-0.25, -0.2) is 4.98 Å². The van der Waals surface area contributed by atoms with Crippen LogP contribution in [0.15, 0.2) is 60.7 Å². The maximum atomic E-state index is 10.7. The number of aromatic nitrogens is 2. The van der Waals surface area contributed by atoms with Crippen molar-refractivity contribution < 1.29 is 4.92 Å². The van der Waals surface area contributed by atoms with Gasteiger partial charge in [-0.2, -0.15) is 4.98 Å². The molecule has 0 aliphatic carbocycles. The van der Waals surface area contributed by atoms with E-state index in [1.807, 2.05) is 42.5 Å². The van der Waals surface area contributed by atoms with Gasteiger partial charge in [0.25, 0.3) is 5.69 Å². The van der Waals surface area contributed by atoms with Crippen molar-refractivity contribution in [3.8, 4) is 11.3 Å². The molecule has 3 rings (SSSR count). The van der Waals surface area contributed by atoms with Crippen LogP contribution in [0.2, 0.25) is 0 Å². The second-order valence-electron chi connectivity index (χ2n) is 5.69. The molecular formula is C19H18N6O2. The van der Waals surface area contributed by atoms with Crippen LogP contribution in [0.4, 0.5) is 23.1 Å². The Morgan fingerprint density at radius 2 is 1.74 bits per heavy atom. The first-order valence-electron chi connectivity index (χ1n) is 8.18. The second-order valence-corrected chi connectivity index (χ2v) is 5.69. The van der Waals surface area contributed by atoms with Gasteiger partial charge in [0, 0.05) is 24.2 Å². The molecule has 8 nitrogen and oxygen atoms in total. The van der Waals surface area contributed by atoms with E-state index in [9.17, 15) is 10.1 Å². The lowest BCUT2D eigenvalue weighted by atomic mass is 10.1. The van der Waals surface area contributed by atoms with Crippen LogP contribution in [0.1, 0.15) is 5.56 Å². The van der Waals surface area contributed by atoms with E-state index in [1.54, 1.807) is 12.1 Å². The first kappa shape index (κ1) is 17.9. The highest BCUT2D eigenvalue weighted by Crippen LogP contribution is 2.30. The van der Waals surface area contributed by atoms with Gasteiger partial charge in [0.15, 0.2) is 5.82 Å². The standard InChI is InChI=1S/C19H18N6O2/c20-18-17(16(23-19(21)24-18)14-6-2-1-3-7-14)22-12-4-5-13-8-10-15(11-9-13)25(26)27/h1-11,22H,12H2,(H4,20,21,23,24)/b5-4+. The summed E-state index contributed by atoms with van der Waals surface area (Å²) in [4.78, 5) is 18.6. The Kier molecular flexibility index (Phi) is 5.27.